The van der Waals surface area contributed by atoms with Crippen LogP contribution in [0.25, 0.3) is 0 Å². The van der Waals surface area contributed by atoms with Crippen LogP contribution in [0, 0.1) is 12.7 Å². The summed E-state index contributed by atoms with van der Waals surface area (Å²) in [4.78, 5) is 29.9. The summed E-state index contributed by atoms with van der Waals surface area (Å²) in [6.07, 6.45) is 1.14. The van der Waals surface area contributed by atoms with E-state index in [2.05, 4.69) is 4.98 Å². The van der Waals surface area contributed by atoms with Gasteiger partial charge in [0.1, 0.15) is 11.6 Å². The number of carbonyl (C=O) groups excluding carboxylic acids is 1. The van der Waals surface area contributed by atoms with Crippen molar-refractivity contribution in [2.75, 3.05) is 13.2 Å². The largest absolute Gasteiger partial charge is 0.501 e. The van der Waals surface area contributed by atoms with E-state index in [4.69, 9.17) is 4.74 Å². The van der Waals surface area contributed by atoms with E-state index in [1.54, 1.807) is 19.1 Å². The number of carbonyl (C=O) groups is 1. The predicted molar refractivity (Wildman–Crippen MR) is 103 cm³/mol. The van der Waals surface area contributed by atoms with E-state index in [9.17, 15) is 19.1 Å². The number of fused-ring (bicyclic) bond motifs is 1. The highest BCUT2D eigenvalue weighted by Crippen LogP contribution is 2.26. The number of aromatic hydroxyl groups is 1. The van der Waals surface area contributed by atoms with Crippen molar-refractivity contribution in [2.24, 2.45) is 0 Å². The summed E-state index contributed by atoms with van der Waals surface area (Å²) < 4.78 is 20.5. The molecule has 0 unspecified atom stereocenters. The van der Waals surface area contributed by atoms with E-state index in [1.165, 1.54) is 10.6 Å². The third kappa shape index (κ3) is 3.85. The Balaban J connectivity index is 1.92. The van der Waals surface area contributed by atoms with Crippen molar-refractivity contribution in [3.05, 3.63) is 57.0 Å². The normalized spacial score (nSPS) is 19.1. The second-order valence-electron chi connectivity index (χ2n) is 7.34. The highest BCUT2D eigenvalue weighted by molar-refractivity contribution is 5.96. The van der Waals surface area contributed by atoms with Gasteiger partial charge in [-0.15, -0.1) is 0 Å². The molecular formula is C21H25FN2O4. The number of Topliss-reactive ketones (excluding diaryl/α,β-unsaturated/α-hetero) is 1. The standard InChI is InChI=1S/C21H25FN2O4/c1-4-15-11-28-10-13(3)24-20(15)23-18(19(26)21(24)27)17(25)8-6-14-5-7-16(22)12(2)9-14/h5,7,9,13,15,26H,4,6,8,10-11H2,1-3H3/t13-,15+/m0/s1. The Hall–Kier alpha value is -2.54. The number of ether oxygens (including phenoxy) is 1. The molecule has 6 nitrogen and oxygen atoms in total. The van der Waals surface area contributed by atoms with E-state index in [-0.39, 0.29) is 29.9 Å². The number of halogens is 1. The number of rotatable bonds is 5. The Morgan fingerprint density at radius 2 is 2.14 bits per heavy atom. The molecule has 1 aliphatic heterocycles. The molecule has 0 bridgehead atoms. The molecule has 1 aliphatic rings. The van der Waals surface area contributed by atoms with Gasteiger partial charge in [0.15, 0.2) is 11.5 Å². The van der Waals surface area contributed by atoms with Crippen molar-refractivity contribution < 1.29 is 19.0 Å². The number of benzene rings is 1. The highest BCUT2D eigenvalue weighted by atomic mass is 19.1. The number of aryl methyl sites for hydroxylation is 2. The summed E-state index contributed by atoms with van der Waals surface area (Å²) in [5.41, 5.74) is 0.519. The molecule has 7 heteroatoms. The zero-order valence-corrected chi connectivity index (χ0v) is 16.4. The number of nitrogens with zero attached hydrogens (tertiary/aromatic N) is 2. The minimum absolute atomic E-state index is 0.0668. The second kappa shape index (κ2) is 8.22. The van der Waals surface area contributed by atoms with Crippen LogP contribution in [0.1, 0.15) is 66.1 Å². The lowest BCUT2D eigenvalue weighted by molar-refractivity contribution is 0.0973. The van der Waals surface area contributed by atoms with E-state index in [0.717, 1.165) is 5.56 Å². The summed E-state index contributed by atoms with van der Waals surface area (Å²) in [7, 11) is 0. The van der Waals surface area contributed by atoms with Crippen LogP contribution in [0.3, 0.4) is 0 Å². The molecule has 0 saturated heterocycles. The van der Waals surface area contributed by atoms with Crippen molar-refractivity contribution in [3.63, 3.8) is 0 Å². The van der Waals surface area contributed by atoms with Crippen LogP contribution in [0.4, 0.5) is 4.39 Å². The molecule has 2 atom stereocenters. The fourth-order valence-electron chi connectivity index (χ4n) is 3.52. The summed E-state index contributed by atoms with van der Waals surface area (Å²) in [5.74, 6) is -0.962. The van der Waals surface area contributed by atoms with Gasteiger partial charge in [0.05, 0.1) is 19.3 Å². The van der Waals surface area contributed by atoms with E-state index < -0.39 is 17.1 Å². The van der Waals surface area contributed by atoms with Crippen LogP contribution >= 0.6 is 0 Å². The zero-order chi connectivity index (χ0) is 20.4. The van der Waals surface area contributed by atoms with Crippen LogP contribution in [0.5, 0.6) is 5.75 Å². The quantitative estimate of drug-likeness (QED) is 0.795. The van der Waals surface area contributed by atoms with Crippen LogP contribution in [0.15, 0.2) is 23.0 Å². The lowest BCUT2D eigenvalue weighted by Gasteiger charge is -2.19. The maximum atomic E-state index is 13.4. The second-order valence-corrected chi connectivity index (χ2v) is 7.34. The van der Waals surface area contributed by atoms with Crippen molar-refractivity contribution >= 4 is 5.78 Å². The first-order valence-electron chi connectivity index (χ1n) is 9.54. The molecule has 2 heterocycles. The van der Waals surface area contributed by atoms with Crippen LogP contribution < -0.4 is 5.56 Å². The summed E-state index contributed by atoms with van der Waals surface area (Å²) in [6, 6.07) is 4.41. The van der Waals surface area contributed by atoms with Crippen molar-refractivity contribution in [2.45, 2.75) is 52.0 Å². The van der Waals surface area contributed by atoms with Crippen LogP contribution in [-0.4, -0.2) is 33.7 Å². The van der Waals surface area contributed by atoms with Gasteiger partial charge in [0.2, 0.25) is 5.75 Å². The number of hydrogen-bond acceptors (Lipinski definition) is 5. The Morgan fingerprint density at radius 3 is 2.82 bits per heavy atom. The first kappa shape index (κ1) is 20.2. The lowest BCUT2D eigenvalue weighted by Crippen LogP contribution is -2.31. The predicted octanol–water partition coefficient (Wildman–Crippen LogP) is 3.30. The maximum Gasteiger partial charge on any atom is 0.296 e. The number of aromatic nitrogens is 2. The highest BCUT2D eigenvalue weighted by Gasteiger charge is 2.29. The molecule has 0 fully saturated rings. The Morgan fingerprint density at radius 1 is 1.39 bits per heavy atom. The number of hydrogen-bond donors (Lipinski definition) is 1. The molecule has 28 heavy (non-hydrogen) atoms. The minimum atomic E-state index is -0.618. The molecule has 1 N–H and O–H groups in total. The van der Waals surface area contributed by atoms with Gasteiger partial charge in [0.25, 0.3) is 5.56 Å². The molecule has 0 spiro atoms. The van der Waals surface area contributed by atoms with Gasteiger partial charge >= 0.3 is 0 Å². The summed E-state index contributed by atoms with van der Waals surface area (Å²) >= 11 is 0. The van der Waals surface area contributed by atoms with Gasteiger partial charge in [-0.3, -0.25) is 14.2 Å². The SMILES string of the molecule is CC[C@@H]1COC[C@H](C)n2c1nc(C(=O)CCc1ccc(F)c(C)c1)c(O)c2=O. The van der Waals surface area contributed by atoms with Crippen molar-refractivity contribution in [1.82, 2.24) is 9.55 Å². The minimum Gasteiger partial charge on any atom is -0.501 e. The maximum absolute atomic E-state index is 13.4. The zero-order valence-electron chi connectivity index (χ0n) is 16.4. The van der Waals surface area contributed by atoms with Gasteiger partial charge < -0.3 is 9.84 Å². The molecule has 0 aliphatic carbocycles. The topological polar surface area (TPSA) is 81.4 Å². The molecule has 1 aromatic heterocycles. The van der Waals surface area contributed by atoms with Gasteiger partial charge in [-0.25, -0.2) is 9.37 Å². The molecule has 1 aromatic carbocycles. The van der Waals surface area contributed by atoms with Crippen molar-refractivity contribution in [1.29, 1.82) is 0 Å². The van der Waals surface area contributed by atoms with Crippen LogP contribution in [0.2, 0.25) is 0 Å². The molecule has 0 amide bonds. The van der Waals surface area contributed by atoms with Gasteiger partial charge in [-0.2, -0.15) is 0 Å². The van der Waals surface area contributed by atoms with Crippen LogP contribution in [-0.2, 0) is 11.2 Å². The summed E-state index contributed by atoms with van der Waals surface area (Å²) in [6.45, 7) is 6.21. The first-order chi connectivity index (χ1) is 13.3. The fraction of sp³-hybridized carbons (Fsp3) is 0.476. The molecule has 0 radical (unpaired) electrons. The van der Waals surface area contributed by atoms with E-state index in [0.29, 0.717) is 37.4 Å². The number of ketones is 1. The molecule has 0 saturated carbocycles. The van der Waals surface area contributed by atoms with Gasteiger partial charge in [-0.1, -0.05) is 19.1 Å². The molecular weight excluding hydrogens is 363 g/mol. The Kier molecular flexibility index (Phi) is 5.93. The fourth-order valence-corrected chi connectivity index (χ4v) is 3.52. The monoisotopic (exact) mass is 388 g/mol. The van der Waals surface area contributed by atoms with Crippen molar-refractivity contribution in [3.8, 4) is 5.75 Å². The van der Waals surface area contributed by atoms with E-state index >= 15 is 0 Å². The smallest absolute Gasteiger partial charge is 0.296 e. The third-order valence-electron chi connectivity index (χ3n) is 5.22. The lowest BCUT2D eigenvalue weighted by atomic mass is 10.0. The Bertz CT molecular complexity index is 954. The first-order valence-corrected chi connectivity index (χ1v) is 9.54. The Labute approximate surface area is 163 Å². The third-order valence-corrected chi connectivity index (χ3v) is 5.22. The molecule has 150 valence electrons. The average Bonchev–Trinajstić information content (AvgIpc) is 2.83. The van der Waals surface area contributed by atoms with Gasteiger partial charge in [-0.05, 0) is 43.9 Å². The summed E-state index contributed by atoms with van der Waals surface area (Å²) in [5, 5.41) is 10.4. The van der Waals surface area contributed by atoms with Gasteiger partial charge in [0, 0.05) is 12.3 Å². The average molecular weight is 388 g/mol. The molecule has 2 aromatic rings. The van der Waals surface area contributed by atoms with E-state index in [1.807, 2.05) is 13.8 Å². The molecule has 3 rings (SSSR count).